The molecule has 0 unspecified atom stereocenters. The summed E-state index contributed by atoms with van der Waals surface area (Å²) in [5.41, 5.74) is 1.23. The lowest BCUT2D eigenvalue weighted by Crippen LogP contribution is -2.20. The fourth-order valence-electron chi connectivity index (χ4n) is 2.87. The summed E-state index contributed by atoms with van der Waals surface area (Å²) in [4.78, 5) is 27.2. The first kappa shape index (κ1) is 19.8. The fourth-order valence-corrected chi connectivity index (χ4v) is 2.87. The number of hydrogen-bond donors (Lipinski definition) is 1. The highest BCUT2D eigenvalue weighted by Crippen LogP contribution is 2.30. The van der Waals surface area contributed by atoms with Crippen LogP contribution in [0.25, 0.3) is 22.8 Å². The predicted octanol–water partition coefficient (Wildman–Crippen LogP) is 4.33. The van der Waals surface area contributed by atoms with Crippen molar-refractivity contribution in [2.24, 2.45) is 0 Å². The number of anilines is 1. The first-order valence-electron chi connectivity index (χ1n) is 9.26. The number of amides is 1. The van der Waals surface area contributed by atoms with E-state index in [4.69, 9.17) is 9.26 Å². The maximum atomic E-state index is 12.3. The van der Waals surface area contributed by atoms with Gasteiger partial charge in [0.15, 0.2) is 6.61 Å². The van der Waals surface area contributed by atoms with Gasteiger partial charge in [0.1, 0.15) is 11.4 Å². The molecule has 0 aliphatic heterocycles. The van der Waals surface area contributed by atoms with Crippen LogP contribution in [0.1, 0.15) is 0 Å². The van der Waals surface area contributed by atoms with Gasteiger partial charge in [0.2, 0.25) is 5.82 Å². The van der Waals surface area contributed by atoms with Crippen molar-refractivity contribution in [3.63, 3.8) is 0 Å². The number of nitro benzene ring substituents is 1. The largest absolute Gasteiger partial charge is 0.483 e. The lowest BCUT2D eigenvalue weighted by atomic mass is 10.2. The molecule has 154 valence electrons. The minimum atomic E-state index is -0.564. The first-order chi connectivity index (χ1) is 15.1. The van der Waals surface area contributed by atoms with Crippen LogP contribution in [-0.2, 0) is 4.79 Å². The molecule has 1 aromatic heterocycles. The van der Waals surface area contributed by atoms with Crippen molar-refractivity contribution in [1.29, 1.82) is 0 Å². The lowest BCUT2D eigenvalue weighted by Gasteiger charge is -2.10. The van der Waals surface area contributed by atoms with Gasteiger partial charge in [-0.3, -0.25) is 14.9 Å². The molecule has 1 heterocycles. The maximum Gasteiger partial charge on any atom is 0.292 e. The zero-order valence-corrected chi connectivity index (χ0v) is 16.1. The van der Waals surface area contributed by atoms with Crippen LogP contribution < -0.4 is 10.1 Å². The van der Waals surface area contributed by atoms with Gasteiger partial charge in [-0.05, 0) is 18.2 Å². The molecule has 0 atom stereocenters. The number of ether oxygens (including phenoxy) is 1. The Balaban J connectivity index is 1.48. The second-order valence-electron chi connectivity index (χ2n) is 6.40. The van der Waals surface area contributed by atoms with Gasteiger partial charge in [0.05, 0.1) is 10.5 Å². The summed E-state index contributed by atoms with van der Waals surface area (Å²) in [6, 6.07) is 22.2. The molecule has 0 spiro atoms. The van der Waals surface area contributed by atoms with E-state index in [2.05, 4.69) is 15.5 Å². The summed E-state index contributed by atoms with van der Waals surface area (Å²) in [5, 5.41) is 17.6. The van der Waals surface area contributed by atoms with Crippen LogP contribution in [0.3, 0.4) is 0 Å². The van der Waals surface area contributed by atoms with E-state index in [1.54, 1.807) is 30.3 Å². The van der Waals surface area contributed by atoms with E-state index in [1.165, 1.54) is 18.2 Å². The Morgan fingerprint density at radius 2 is 1.71 bits per heavy atom. The van der Waals surface area contributed by atoms with Crippen molar-refractivity contribution < 1.29 is 19.0 Å². The number of carbonyl (C=O) groups excluding carboxylic acids is 1. The Labute approximate surface area is 176 Å². The Kier molecular flexibility index (Phi) is 5.66. The van der Waals surface area contributed by atoms with Crippen LogP contribution in [-0.4, -0.2) is 27.6 Å². The topological polar surface area (TPSA) is 120 Å². The number of nitrogens with one attached hydrogen (secondary N) is 1. The van der Waals surface area contributed by atoms with Crippen LogP contribution in [0.2, 0.25) is 0 Å². The number of carbonyl (C=O) groups is 1. The molecule has 4 aromatic rings. The molecule has 31 heavy (non-hydrogen) atoms. The van der Waals surface area contributed by atoms with Crippen LogP contribution >= 0.6 is 0 Å². The number of benzene rings is 3. The summed E-state index contributed by atoms with van der Waals surface area (Å²) >= 11 is 0. The molecular weight excluding hydrogens is 400 g/mol. The molecule has 0 saturated heterocycles. The molecule has 1 N–H and O–H groups in total. The molecule has 0 aliphatic rings. The highest BCUT2D eigenvalue weighted by Gasteiger charge is 2.17. The zero-order chi connectivity index (χ0) is 21.6. The van der Waals surface area contributed by atoms with Gasteiger partial charge in [-0.1, -0.05) is 59.8 Å². The summed E-state index contributed by atoms with van der Waals surface area (Å²) in [5.74, 6) is 0.496. The van der Waals surface area contributed by atoms with E-state index in [9.17, 15) is 14.9 Å². The number of hydrogen-bond acceptors (Lipinski definition) is 7. The Morgan fingerprint density at radius 3 is 2.52 bits per heavy atom. The third kappa shape index (κ3) is 4.56. The van der Waals surface area contributed by atoms with Gasteiger partial charge in [-0.25, -0.2) is 0 Å². The monoisotopic (exact) mass is 416 g/mol. The molecule has 1 amide bonds. The highest BCUT2D eigenvalue weighted by molar-refractivity contribution is 5.94. The molecular formula is C22H16N4O5. The average molecular weight is 416 g/mol. The smallest absolute Gasteiger partial charge is 0.292 e. The highest BCUT2D eigenvalue weighted by atomic mass is 16.6. The van der Waals surface area contributed by atoms with Crippen LogP contribution in [0.5, 0.6) is 5.75 Å². The van der Waals surface area contributed by atoms with E-state index >= 15 is 0 Å². The van der Waals surface area contributed by atoms with E-state index in [0.29, 0.717) is 17.1 Å². The lowest BCUT2D eigenvalue weighted by molar-refractivity contribution is -0.383. The molecule has 3 aromatic carbocycles. The second kappa shape index (κ2) is 8.87. The Hall–Kier alpha value is -4.53. The van der Waals surface area contributed by atoms with Gasteiger partial charge < -0.3 is 14.6 Å². The van der Waals surface area contributed by atoms with E-state index in [1.807, 2.05) is 30.3 Å². The van der Waals surface area contributed by atoms with E-state index in [0.717, 1.165) is 5.56 Å². The number of para-hydroxylation sites is 3. The van der Waals surface area contributed by atoms with Gasteiger partial charge in [0.25, 0.3) is 17.5 Å². The third-order valence-corrected chi connectivity index (χ3v) is 4.31. The van der Waals surface area contributed by atoms with Crippen LogP contribution in [0.15, 0.2) is 83.4 Å². The van der Waals surface area contributed by atoms with Crippen molar-refractivity contribution >= 4 is 17.3 Å². The van der Waals surface area contributed by atoms with Crippen LogP contribution in [0, 0.1) is 10.1 Å². The number of aromatic nitrogens is 2. The molecule has 0 radical (unpaired) electrons. The van der Waals surface area contributed by atoms with E-state index in [-0.39, 0.29) is 23.9 Å². The normalized spacial score (nSPS) is 10.5. The summed E-state index contributed by atoms with van der Waals surface area (Å²) in [6.07, 6.45) is 0. The van der Waals surface area contributed by atoms with Crippen molar-refractivity contribution in [3.8, 4) is 28.6 Å². The SMILES string of the molecule is O=C(COc1ccccc1-c1nc(-c2ccccc2)no1)Nc1ccccc1[N+](=O)[O-]. The Bertz CT molecular complexity index is 1220. The molecule has 0 saturated carbocycles. The van der Waals surface area contributed by atoms with Crippen LogP contribution in [0.4, 0.5) is 11.4 Å². The maximum absolute atomic E-state index is 12.3. The first-order valence-corrected chi connectivity index (χ1v) is 9.26. The molecule has 0 fully saturated rings. The van der Waals surface area contributed by atoms with Crippen molar-refractivity contribution in [1.82, 2.24) is 10.1 Å². The van der Waals surface area contributed by atoms with Gasteiger partial charge in [0, 0.05) is 11.6 Å². The summed E-state index contributed by atoms with van der Waals surface area (Å²) in [7, 11) is 0. The third-order valence-electron chi connectivity index (χ3n) is 4.31. The molecule has 0 bridgehead atoms. The molecule has 9 nitrogen and oxygen atoms in total. The Morgan fingerprint density at radius 1 is 1.00 bits per heavy atom. The summed E-state index contributed by atoms with van der Waals surface area (Å²) in [6.45, 7) is -0.358. The minimum absolute atomic E-state index is 0.0961. The van der Waals surface area contributed by atoms with Crippen molar-refractivity contribution in [3.05, 3.63) is 89.0 Å². The standard InChI is InChI=1S/C22H16N4O5/c27-20(23-17-11-5-6-12-18(17)26(28)29)14-30-19-13-7-4-10-16(19)22-24-21(25-31-22)15-8-2-1-3-9-15/h1-13H,14H2,(H,23,27). The zero-order valence-electron chi connectivity index (χ0n) is 16.1. The van der Waals surface area contributed by atoms with Crippen molar-refractivity contribution in [2.75, 3.05) is 11.9 Å². The fraction of sp³-hybridized carbons (Fsp3) is 0.0455. The quantitative estimate of drug-likeness (QED) is 0.352. The number of rotatable bonds is 7. The van der Waals surface area contributed by atoms with Crippen molar-refractivity contribution in [2.45, 2.75) is 0 Å². The van der Waals surface area contributed by atoms with Gasteiger partial charge in [-0.15, -0.1) is 0 Å². The predicted molar refractivity (Wildman–Crippen MR) is 112 cm³/mol. The minimum Gasteiger partial charge on any atom is -0.483 e. The summed E-state index contributed by atoms with van der Waals surface area (Å²) < 4.78 is 11.0. The van der Waals surface area contributed by atoms with Gasteiger partial charge in [-0.2, -0.15) is 4.98 Å². The molecule has 4 rings (SSSR count). The second-order valence-corrected chi connectivity index (χ2v) is 6.40. The number of nitro groups is 1. The average Bonchev–Trinajstić information content (AvgIpc) is 3.29. The number of nitrogens with zero attached hydrogens (tertiary/aromatic N) is 3. The van der Waals surface area contributed by atoms with E-state index < -0.39 is 10.8 Å². The van der Waals surface area contributed by atoms with Gasteiger partial charge >= 0.3 is 0 Å². The molecule has 0 aliphatic carbocycles. The molecule has 9 heteroatoms.